The van der Waals surface area contributed by atoms with E-state index >= 15 is 0 Å². The molecule has 0 radical (unpaired) electrons. The Balaban J connectivity index is 2.16. The first-order chi connectivity index (χ1) is 8.20. The van der Waals surface area contributed by atoms with Crippen LogP contribution >= 0.6 is 0 Å². The van der Waals surface area contributed by atoms with Crippen molar-refractivity contribution in [3.05, 3.63) is 48.0 Å². The van der Waals surface area contributed by atoms with Crippen LogP contribution in [0.5, 0.6) is 0 Å². The third kappa shape index (κ3) is 2.45. The molecule has 17 heavy (non-hydrogen) atoms. The highest BCUT2D eigenvalue weighted by molar-refractivity contribution is 5.50. The lowest BCUT2D eigenvalue weighted by atomic mass is 10.2. The van der Waals surface area contributed by atoms with Crippen LogP contribution in [0.4, 0.5) is 5.69 Å². The highest BCUT2D eigenvalue weighted by atomic mass is 15.1. The van der Waals surface area contributed by atoms with Crippen molar-refractivity contribution in [2.24, 2.45) is 7.05 Å². The van der Waals surface area contributed by atoms with E-state index in [9.17, 15) is 0 Å². The van der Waals surface area contributed by atoms with E-state index in [2.05, 4.69) is 16.4 Å². The monoisotopic (exact) mass is 226 g/mol. The van der Waals surface area contributed by atoms with Gasteiger partial charge in [-0.2, -0.15) is 5.26 Å². The molecule has 0 aliphatic heterocycles. The normalized spacial score (nSPS) is 11.8. The highest BCUT2D eigenvalue weighted by Crippen LogP contribution is 2.18. The number of aromatic nitrogens is 2. The van der Waals surface area contributed by atoms with Gasteiger partial charge < -0.3 is 9.88 Å². The minimum absolute atomic E-state index is 0.101. The van der Waals surface area contributed by atoms with Gasteiger partial charge in [-0.15, -0.1) is 0 Å². The Morgan fingerprint density at radius 1 is 1.47 bits per heavy atom. The van der Waals surface area contributed by atoms with Gasteiger partial charge >= 0.3 is 0 Å². The molecule has 4 heteroatoms. The zero-order valence-corrected chi connectivity index (χ0v) is 9.88. The second-order valence-electron chi connectivity index (χ2n) is 3.95. The van der Waals surface area contributed by atoms with Crippen LogP contribution in [0.15, 0.2) is 36.7 Å². The topological polar surface area (TPSA) is 53.6 Å². The molecule has 4 nitrogen and oxygen atoms in total. The third-order valence-corrected chi connectivity index (χ3v) is 2.62. The van der Waals surface area contributed by atoms with Gasteiger partial charge in [0.15, 0.2) is 0 Å². The van der Waals surface area contributed by atoms with Crippen LogP contribution < -0.4 is 5.32 Å². The van der Waals surface area contributed by atoms with Crippen LogP contribution in [0.25, 0.3) is 0 Å². The van der Waals surface area contributed by atoms with Crippen molar-refractivity contribution in [3.8, 4) is 6.07 Å². The molecule has 0 spiro atoms. The molecule has 1 aromatic carbocycles. The summed E-state index contributed by atoms with van der Waals surface area (Å²) >= 11 is 0. The molecule has 2 aromatic rings. The van der Waals surface area contributed by atoms with Crippen LogP contribution in [0.2, 0.25) is 0 Å². The molecule has 0 aliphatic carbocycles. The SMILES string of the molecule is CC(Nc1cccc(C#N)c1)c1nccn1C. The molecular weight excluding hydrogens is 212 g/mol. The number of nitriles is 1. The number of anilines is 1. The average molecular weight is 226 g/mol. The Morgan fingerprint density at radius 3 is 2.94 bits per heavy atom. The number of aryl methyl sites for hydroxylation is 1. The Hall–Kier alpha value is -2.28. The van der Waals surface area contributed by atoms with Crippen molar-refractivity contribution in [1.82, 2.24) is 9.55 Å². The van der Waals surface area contributed by atoms with Gasteiger partial charge in [0.05, 0.1) is 17.7 Å². The largest absolute Gasteiger partial charge is 0.375 e. The van der Waals surface area contributed by atoms with Gasteiger partial charge in [-0.25, -0.2) is 4.98 Å². The van der Waals surface area contributed by atoms with Crippen molar-refractivity contribution in [1.29, 1.82) is 5.26 Å². The molecule has 0 amide bonds. The van der Waals surface area contributed by atoms with E-state index in [-0.39, 0.29) is 6.04 Å². The van der Waals surface area contributed by atoms with Crippen molar-refractivity contribution in [3.63, 3.8) is 0 Å². The van der Waals surface area contributed by atoms with E-state index in [1.807, 2.05) is 42.9 Å². The lowest BCUT2D eigenvalue weighted by Crippen LogP contribution is -2.11. The molecule has 1 atom stereocenters. The first kappa shape index (κ1) is 11.2. The zero-order chi connectivity index (χ0) is 12.3. The predicted molar refractivity (Wildman–Crippen MR) is 66.4 cm³/mol. The quantitative estimate of drug-likeness (QED) is 0.874. The van der Waals surface area contributed by atoms with Crippen LogP contribution in [0.1, 0.15) is 24.4 Å². The molecule has 0 fully saturated rings. The summed E-state index contributed by atoms with van der Waals surface area (Å²) in [4.78, 5) is 4.29. The fraction of sp³-hybridized carbons (Fsp3) is 0.231. The summed E-state index contributed by atoms with van der Waals surface area (Å²) in [7, 11) is 1.96. The van der Waals surface area contributed by atoms with Gasteiger partial charge in [-0.1, -0.05) is 6.07 Å². The van der Waals surface area contributed by atoms with E-state index in [0.717, 1.165) is 11.5 Å². The van der Waals surface area contributed by atoms with Gasteiger partial charge in [-0.3, -0.25) is 0 Å². The molecule has 0 saturated carbocycles. The molecule has 0 aliphatic rings. The predicted octanol–water partition coefficient (Wildman–Crippen LogP) is 2.46. The maximum atomic E-state index is 8.83. The van der Waals surface area contributed by atoms with Gasteiger partial charge in [0.1, 0.15) is 5.82 Å². The van der Waals surface area contributed by atoms with Crippen molar-refractivity contribution >= 4 is 5.69 Å². The molecule has 1 unspecified atom stereocenters. The Labute approximate surface area is 101 Å². The van der Waals surface area contributed by atoms with E-state index in [0.29, 0.717) is 5.56 Å². The van der Waals surface area contributed by atoms with Crippen molar-refractivity contribution in [2.45, 2.75) is 13.0 Å². The number of nitrogens with zero attached hydrogens (tertiary/aromatic N) is 3. The number of nitrogens with one attached hydrogen (secondary N) is 1. The van der Waals surface area contributed by atoms with Crippen LogP contribution in [-0.4, -0.2) is 9.55 Å². The number of benzene rings is 1. The molecule has 0 saturated heterocycles. The summed E-state index contributed by atoms with van der Waals surface area (Å²) in [5, 5.41) is 12.2. The van der Waals surface area contributed by atoms with Crippen LogP contribution in [0, 0.1) is 11.3 Å². The maximum Gasteiger partial charge on any atom is 0.130 e. The smallest absolute Gasteiger partial charge is 0.130 e. The van der Waals surface area contributed by atoms with Crippen molar-refractivity contribution in [2.75, 3.05) is 5.32 Å². The van der Waals surface area contributed by atoms with Gasteiger partial charge in [0, 0.05) is 25.1 Å². The van der Waals surface area contributed by atoms with E-state index in [4.69, 9.17) is 5.26 Å². The molecule has 1 heterocycles. The lowest BCUT2D eigenvalue weighted by molar-refractivity contribution is 0.722. The zero-order valence-electron chi connectivity index (χ0n) is 9.88. The molecular formula is C13H14N4. The van der Waals surface area contributed by atoms with Gasteiger partial charge in [0.2, 0.25) is 0 Å². The summed E-state index contributed by atoms with van der Waals surface area (Å²) in [6.45, 7) is 2.04. The summed E-state index contributed by atoms with van der Waals surface area (Å²) in [5.74, 6) is 0.965. The summed E-state index contributed by atoms with van der Waals surface area (Å²) in [6, 6.07) is 9.66. The molecule has 86 valence electrons. The summed E-state index contributed by atoms with van der Waals surface area (Å²) < 4.78 is 1.98. The number of hydrogen-bond donors (Lipinski definition) is 1. The van der Waals surface area contributed by atoms with Gasteiger partial charge in [-0.05, 0) is 25.1 Å². The molecule has 2 rings (SSSR count). The fourth-order valence-electron chi connectivity index (χ4n) is 1.79. The first-order valence-electron chi connectivity index (χ1n) is 5.44. The van der Waals surface area contributed by atoms with E-state index in [1.54, 1.807) is 12.3 Å². The lowest BCUT2D eigenvalue weighted by Gasteiger charge is -2.15. The summed E-state index contributed by atoms with van der Waals surface area (Å²) in [5.41, 5.74) is 1.58. The minimum atomic E-state index is 0.101. The van der Waals surface area contributed by atoms with Gasteiger partial charge in [0.25, 0.3) is 0 Å². The Bertz CT molecular complexity index is 551. The highest BCUT2D eigenvalue weighted by Gasteiger charge is 2.09. The molecule has 0 bridgehead atoms. The number of rotatable bonds is 3. The minimum Gasteiger partial charge on any atom is -0.375 e. The van der Waals surface area contributed by atoms with E-state index < -0.39 is 0 Å². The standard InChI is InChI=1S/C13H14N4/c1-10(13-15-6-7-17(13)2)16-12-5-3-4-11(8-12)9-14/h3-8,10,16H,1-2H3. The number of imidazole rings is 1. The summed E-state index contributed by atoms with van der Waals surface area (Å²) in [6.07, 6.45) is 3.69. The Morgan fingerprint density at radius 2 is 2.29 bits per heavy atom. The maximum absolute atomic E-state index is 8.83. The molecule has 1 aromatic heterocycles. The average Bonchev–Trinajstić information content (AvgIpc) is 2.76. The fourth-order valence-corrected chi connectivity index (χ4v) is 1.79. The Kier molecular flexibility index (Phi) is 3.10. The van der Waals surface area contributed by atoms with Crippen molar-refractivity contribution < 1.29 is 0 Å². The van der Waals surface area contributed by atoms with Crippen LogP contribution in [0.3, 0.4) is 0 Å². The molecule has 1 N–H and O–H groups in total. The van der Waals surface area contributed by atoms with Crippen LogP contribution in [-0.2, 0) is 7.05 Å². The second-order valence-corrected chi connectivity index (χ2v) is 3.95. The third-order valence-electron chi connectivity index (χ3n) is 2.62. The van der Waals surface area contributed by atoms with E-state index in [1.165, 1.54) is 0 Å². The second kappa shape index (κ2) is 4.71. The first-order valence-corrected chi connectivity index (χ1v) is 5.44. The number of hydrogen-bond acceptors (Lipinski definition) is 3.